The largest absolute Gasteiger partial charge is 0.396 e. The van der Waals surface area contributed by atoms with Gasteiger partial charge in [-0.15, -0.1) is 0 Å². The lowest BCUT2D eigenvalue weighted by molar-refractivity contribution is 0.204. The Morgan fingerprint density at radius 3 is 3.13 bits per heavy atom. The average molecular weight is 209 g/mol. The molecule has 0 bridgehead atoms. The van der Waals surface area contributed by atoms with Crippen LogP contribution in [0, 0.1) is 5.92 Å². The van der Waals surface area contributed by atoms with Gasteiger partial charge < -0.3 is 10.4 Å². The van der Waals surface area contributed by atoms with Gasteiger partial charge >= 0.3 is 0 Å². The van der Waals surface area contributed by atoms with Crippen molar-refractivity contribution in [1.82, 2.24) is 15.1 Å². The quantitative estimate of drug-likeness (QED) is 0.766. The molecule has 2 unspecified atom stereocenters. The summed E-state index contributed by atoms with van der Waals surface area (Å²) >= 11 is 0. The van der Waals surface area contributed by atoms with Crippen LogP contribution in [0.2, 0.25) is 0 Å². The van der Waals surface area contributed by atoms with E-state index in [0.29, 0.717) is 18.6 Å². The van der Waals surface area contributed by atoms with Gasteiger partial charge in [-0.2, -0.15) is 5.10 Å². The highest BCUT2D eigenvalue weighted by Gasteiger charge is 2.25. The predicted octanol–water partition coefficient (Wildman–Crippen LogP) is 0.671. The highest BCUT2D eigenvalue weighted by molar-refractivity contribution is 5.00. The first-order valence-corrected chi connectivity index (χ1v) is 5.62. The lowest BCUT2D eigenvalue weighted by Crippen LogP contribution is -2.34. The molecule has 2 atom stereocenters. The molecule has 0 aromatic carbocycles. The second-order valence-corrected chi connectivity index (χ2v) is 4.31. The molecule has 0 radical (unpaired) electrons. The number of aryl methyl sites for hydroxylation is 1. The molecule has 1 saturated carbocycles. The van der Waals surface area contributed by atoms with Gasteiger partial charge in [0, 0.05) is 32.4 Å². The Hall–Kier alpha value is -0.870. The van der Waals surface area contributed by atoms with Gasteiger partial charge in [-0.05, 0) is 24.8 Å². The van der Waals surface area contributed by atoms with E-state index in [-0.39, 0.29) is 0 Å². The molecular weight excluding hydrogens is 190 g/mol. The summed E-state index contributed by atoms with van der Waals surface area (Å²) in [6.45, 7) is 1.15. The Balaban J connectivity index is 1.85. The number of nitrogens with zero attached hydrogens (tertiary/aromatic N) is 2. The highest BCUT2D eigenvalue weighted by Crippen LogP contribution is 2.25. The van der Waals surface area contributed by atoms with Crippen molar-refractivity contribution in [3.63, 3.8) is 0 Å². The summed E-state index contributed by atoms with van der Waals surface area (Å²) in [5, 5.41) is 16.8. The van der Waals surface area contributed by atoms with Crippen LogP contribution in [0.5, 0.6) is 0 Å². The Morgan fingerprint density at radius 1 is 1.60 bits per heavy atom. The van der Waals surface area contributed by atoms with Gasteiger partial charge in [-0.1, -0.05) is 6.42 Å². The third-order valence-corrected chi connectivity index (χ3v) is 3.36. The summed E-state index contributed by atoms with van der Waals surface area (Å²) in [6, 6.07) is 2.50. The normalized spacial score (nSPS) is 26.0. The summed E-state index contributed by atoms with van der Waals surface area (Å²) < 4.78 is 1.88. The molecule has 4 nitrogen and oxygen atoms in total. The van der Waals surface area contributed by atoms with Crippen molar-refractivity contribution in [3.8, 4) is 0 Å². The zero-order valence-electron chi connectivity index (χ0n) is 9.19. The third kappa shape index (κ3) is 2.38. The van der Waals surface area contributed by atoms with Gasteiger partial charge in [0.1, 0.15) is 0 Å². The van der Waals surface area contributed by atoms with Crippen LogP contribution >= 0.6 is 0 Å². The molecule has 1 aliphatic rings. The number of nitrogens with one attached hydrogen (secondary N) is 1. The molecule has 84 valence electrons. The van der Waals surface area contributed by atoms with Crippen LogP contribution in [0.25, 0.3) is 0 Å². The fraction of sp³-hybridized carbons (Fsp3) is 0.727. The maximum atomic E-state index is 9.19. The Kier molecular flexibility index (Phi) is 3.38. The standard InChI is InChI=1S/C11H19N3O/c1-14-10(5-6-13-14)7-12-11-4-2-3-9(11)8-15/h5-6,9,11-12,15H,2-4,7-8H2,1H3. The molecule has 1 aromatic rings. The molecule has 0 aliphatic heterocycles. The minimum Gasteiger partial charge on any atom is -0.396 e. The summed E-state index contributed by atoms with van der Waals surface area (Å²) in [6.07, 6.45) is 5.38. The van der Waals surface area contributed by atoms with Gasteiger partial charge in [0.15, 0.2) is 0 Å². The zero-order chi connectivity index (χ0) is 10.7. The molecule has 1 aliphatic carbocycles. The molecular formula is C11H19N3O. The molecule has 4 heteroatoms. The fourth-order valence-electron chi connectivity index (χ4n) is 2.33. The Morgan fingerprint density at radius 2 is 2.47 bits per heavy atom. The minimum absolute atomic E-state index is 0.309. The Bertz CT molecular complexity index is 311. The lowest BCUT2D eigenvalue weighted by atomic mass is 10.1. The van der Waals surface area contributed by atoms with Crippen LogP contribution in [0.15, 0.2) is 12.3 Å². The maximum Gasteiger partial charge on any atom is 0.0518 e. The lowest BCUT2D eigenvalue weighted by Gasteiger charge is -2.18. The average Bonchev–Trinajstić information content (AvgIpc) is 2.83. The predicted molar refractivity (Wildman–Crippen MR) is 58.3 cm³/mol. The maximum absolute atomic E-state index is 9.19. The molecule has 2 rings (SSSR count). The minimum atomic E-state index is 0.309. The van der Waals surface area contributed by atoms with Crippen molar-refractivity contribution < 1.29 is 5.11 Å². The van der Waals surface area contributed by atoms with Gasteiger partial charge in [0.25, 0.3) is 0 Å². The number of rotatable bonds is 4. The number of aliphatic hydroxyl groups excluding tert-OH is 1. The molecule has 0 spiro atoms. The topological polar surface area (TPSA) is 50.1 Å². The van der Waals surface area contributed by atoms with Gasteiger partial charge in [-0.3, -0.25) is 4.68 Å². The molecule has 2 N–H and O–H groups in total. The molecule has 1 aromatic heterocycles. The van der Waals surface area contributed by atoms with Crippen LogP contribution in [-0.2, 0) is 13.6 Å². The van der Waals surface area contributed by atoms with Crippen LogP contribution in [0.3, 0.4) is 0 Å². The monoisotopic (exact) mass is 209 g/mol. The van der Waals surface area contributed by atoms with Gasteiger partial charge in [-0.25, -0.2) is 0 Å². The second-order valence-electron chi connectivity index (χ2n) is 4.31. The summed E-state index contributed by atoms with van der Waals surface area (Å²) in [4.78, 5) is 0. The number of hydrogen-bond acceptors (Lipinski definition) is 3. The van der Waals surface area contributed by atoms with Gasteiger partial charge in [0.2, 0.25) is 0 Å². The van der Waals surface area contributed by atoms with Crippen molar-refractivity contribution in [2.24, 2.45) is 13.0 Å². The smallest absolute Gasteiger partial charge is 0.0518 e. The van der Waals surface area contributed by atoms with E-state index in [9.17, 15) is 5.11 Å². The zero-order valence-corrected chi connectivity index (χ0v) is 9.19. The van der Waals surface area contributed by atoms with Crippen LogP contribution in [-0.4, -0.2) is 27.5 Å². The number of aromatic nitrogens is 2. The van der Waals surface area contributed by atoms with Crippen molar-refractivity contribution in [3.05, 3.63) is 18.0 Å². The summed E-state index contributed by atoms with van der Waals surface area (Å²) in [7, 11) is 1.95. The first-order chi connectivity index (χ1) is 7.31. The first kappa shape index (κ1) is 10.6. The van der Waals surface area contributed by atoms with E-state index in [2.05, 4.69) is 10.4 Å². The van der Waals surface area contributed by atoms with E-state index in [1.807, 2.05) is 24.0 Å². The van der Waals surface area contributed by atoms with E-state index < -0.39 is 0 Å². The van der Waals surface area contributed by atoms with Crippen LogP contribution in [0.1, 0.15) is 25.0 Å². The van der Waals surface area contributed by atoms with Crippen LogP contribution in [0.4, 0.5) is 0 Å². The number of aliphatic hydroxyl groups is 1. The molecule has 1 heterocycles. The van der Waals surface area contributed by atoms with Crippen molar-refractivity contribution in [2.75, 3.05) is 6.61 Å². The van der Waals surface area contributed by atoms with E-state index in [1.54, 1.807) is 0 Å². The highest BCUT2D eigenvalue weighted by atomic mass is 16.3. The van der Waals surface area contributed by atoms with E-state index in [0.717, 1.165) is 13.0 Å². The molecule has 1 fully saturated rings. The summed E-state index contributed by atoms with van der Waals surface area (Å²) in [5.41, 5.74) is 1.19. The molecule has 0 saturated heterocycles. The number of hydrogen-bond donors (Lipinski definition) is 2. The third-order valence-electron chi connectivity index (χ3n) is 3.36. The Labute approximate surface area is 90.3 Å². The van der Waals surface area contributed by atoms with E-state index >= 15 is 0 Å². The first-order valence-electron chi connectivity index (χ1n) is 5.62. The molecule has 15 heavy (non-hydrogen) atoms. The van der Waals surface area contributed by atoms with Crippen molar-refractivity contribution >= 4 is 0 Å². The second kappa shape index (κ2) is 4.77. The SMILES string of the molecule is Cn1nccc1CNC1CCCC1CO. The van der Waals surface area contributed by atoms with Crippen molar-refractivity contribution in [2.45, 2.75) is 31.8 Å². The van der Waals surface area contributed by atoms with Crippen molar-refractivity contribution in [1.29, 1.82) is 0 Å². The summed E-state index contributed by atoms with van der Waals surface area (Å²) in [5.74, 6) is 0.443. The van der Waals surface area contributed by atoms with E-state index in [1.165, 1.54) is 18.5 Å². The van der Waals surface area contributed by atoms with E-state index in [4.69, 9.17) is 0 Å². The van der Waals surface area contributed by atoms with Crippen LogP contribution < -0.4 is 5.32 Å². The van der Waals surface area contributed by atoms with Gasteiger partial charge in [0.05, 0.1) is 5.69 Å². The fourth-order valence-corrected chi connectivity index (χ4v) is 2.33. The molecule has 0 amide bonds.